The number of benzene rings is 3. The normalized spacial score (nSPS) is 11.1. The molecule has 0 saturated carbocycles. The number of nitrogens with zero attached hydrogens (tertiary/aromatic N) is 2. The first kappa shape index (κ1) is 26.9. The van der Waals surface area contributed by atoms with Crippen molar-refractivity contribution in [3.05, 3.63) is 120 Å². The molecule has 0 bridgehead atoms. The van der Waals surface area contributed by atoms with Crippen molar-refractivity contribution in [2.24, 2.45) is 0 Å². The Morgan fingerprint density at radius 3 is 2.32 bits per heavy atom. The number of pyridine rings is 1. The van der Waals surface area contributed by atoms with E-state index in [2.05, 4.69) is 4.98 Å². The van der Waals surface area contributed by atoms with E-state index in [0.717, 1.165) is 23.1 Å². The predicted molar refractivity (Wildman–Crippen MR) is 146 cm³/mol. The molecular weight excluding hydrogens is 500 g/mol. The molecule has 0 radical (unpaired) electrons. The van der Waals surface area contributed by atoms with Crippen LogP contribution in [0.25, 0.3) is 0 Å². The highest BCUT2D eigenvalue weighted by Crippen LogP contribution is 2.30. The van der Waals surface area contributed by atoms with E-state index in [1.165, 1.54) is 6.07 Å². The van der Waals surface area contributed by atoms with Crippen molar-refractivity contribution in [3.63, 3.8) is 0 Å². The second-order valence-corrected chi connectivity index (χ2v) is 10.8. The summed E-state index contributed by atoms with van der Waals surface area (Å²) in [7, 11) is -2.02. The van der Waals surface area contributed by atoms with Crippen LogP contribution in [0.5, 0.6) is 11.5 Å². The average molecular weight is 531 g/mol. The molecule has 8 heteroatoms. The van der Waals surface area contributed by atoms with Gasteiger partial charge in [0.1, 0.15) is 6.61 Å². The van der Waals surface area contributed by atoms with Gasteiger partial charge in [0.15, 0.2) is 21.3 Å². The molecule has 0 aliphatic carbocycles. The number of carbonyl (C=O) groups excluding carboxylic acids is 1. The highest BCUT2D eigenvalue weighted by atomic mass is 32.2. The van der Waals surface area contributed by atoms with Crippen molar-refractivity contribution < 1.29 is 22.7 Å². The zero-order valence-corrected chi connectivity index (χ0v) is 22.2. The zero-order valence-electron chi connectivity index (χ0n) is 21.4. The fourth-order valence-electron chi connectivity index (χ4n) is 4.07. The number of ether oxygens (including phenoxy) is 2. The summed E-state index contributed by atoms with van der Waals surface area (Å²) in [6.07, 6.45) is 3.33. The van der Waals surface area contributed by atoms with Gasteiger partial charge in [-0.1, -0.05) is 54.6 Å². The minimum Gasteiger partial charge on any atom is -0.493 e. The maximum atomic E-state index is 13.7. The number of sulfone groups is 1. The molecule has 1 aromatic heterocycles. The van der Waals surface area contributed by atoms with Crippen molar-refractivity contribution in [1.82, 2.24) is 9.88 Å². The molecule has 4 aromatic rings. The lowest BCUT2D eigenvalue weighted by molar-refractivity contribution is 0.0740. The number of hydrogen-bond donors (Lipinski definition) is 0. The molecule has 0 aliphatic rings. The SMILES string of the molecule is COc1cc(CN(CCc2ccccn2)C(=O)c2ccccc2S(C)(=O)=O)ccc1OCc1ccccc1. The molecule has 0 saturated heterocycles. The standard InChI is InChI=1S/C30H30N2O5S/c1-36-28-20-24(15-16-27(28)37-22-23-10-4-3-5-11-23)21-32(19-17-25-12-8-9-18-31-25)30(33)26-13-6-7-14-29(26)38(2,34)35/h3-16,18,20H,17,19,21-22H2,1-2H3. The lowest BCUT2D eigenvalue weighted by Gasteiger charge is -2.24. The van der Waals surface area contributed by atoms with Gasteiger partial charge in [0, 0.05) is 37.7 Å². The fourth-order valence-corrected chi connectivity index (χ4v) is 4.95. The third kappa shape index (κ3) is 6.98. The second-order valence-electron chi connectivity index (χ2n) is 8.83. The van der Waals surface area contributed by atoms with E-state index in [-0.39, 0.29) is 22.9 Å². The topological polar surface area (TPSA) is 85.8 Å². The summed E-state index contributed by atoms with van der Waals surface area (Å²) in [4.78, 5) is 19.7. The molecule has 0 N–H and O–H groups in total. The maximum absolute atomic E-state index is 13.7. The molecule has 0 aliphatic heterocycles. The van der Waals surface area contributed by atoms with Gasteiger partial charge >= 0.3 is 0 Å². The van der Waals surface area contributed by atoms with Gasteiger partial charge in [-0.3, -0.25) is 9.78 Å². The highest BCUT2D eigenvalue weighted by molar-refractivity contribution is 7.90. The van der Waals surface area contributed by atoms with Gasteiger partial charge in [-0.05, 0) is 47.5 Å². The van der Waals surface area contributed by atoms with Crippen molar-refractivity contribution >= 4 is 15.7 Å². The molecule has 196 valence electrons. The Morgan fingerprint density at radius 1 is 0.868 bits per heavy atom. The molecule has 0 atom stereocenters. The smallest absolute Gasteiger partial charge is 0.255 e. The number of aromatic nitrogens is 1. The summed E-state index contributed by atoms with van der Waals surface area (Å²) in [5.74, 6) is 0.770. The lowest BCUT2D eigenvalue weighted by Crippen LogP contribution is -2.33. The van der Waals surface area contributed by atoms with Gasteiger partial charge in [-0.2, -0.15) is 0 Å². The number of carbonyl (C=O) groups is 1. The summed E-state index contributed by atoms with van der Waals surface area (Å²) in [5.41, 5.74) is 2.84. The predicted octanol–water partition coefficient (Wildman–Crippen LogP) is 4.96. The minimum atomic E-state index is -3.59. The summed E-state index contributed by atoms with van der Waals surface area (Å²) >= 11 is 0. The van der Waals surface area contributed by atoms with Crippen molar-refractivity contribution in [1.29, 1.82) is 0 Å². The van der Waals surface area contributed by atoms with Crippen LogP contribution in [0.15, 0.2) is 102 Å². The van der Waals surface area contributed by atoms with Crippen molar-refractivity contribution in [2.45, 2.75) is 24.5 Å². The Balaban J connectivity index is 1.59. The van der Waals surface area contributed by atoms with Gasteiger partial charge in [0.25, 0.3) is 5.91 Å². The van der Waals surface area contributed by atoms with E-state index in [1.54, 1.807) is 36.4 Å². The van der Waals surface area contributed by atoms with E-state index in [1.807, 2.05) is 66.7 Å². The van der Waals surface area contributed by atoms with Crippen LogP contribution in [-0.4, -0.2) is 44.1 Å². The Hall–Kier alpha value is -4.17. The van der Waals surface area contributed by atoms with E-state index in [4.69, 9.17) is 9.47 Å². The molecule has 0 spiro atoms. The van der Waals surface area contributed by atoms with Crippen LogP contribution in [0, 0.1) is 0 Å². The molecule has 4 rings (SSSR count). The van der Waals surface area contributed by atoms with E-state index < -0.39 is 9.84 Å². The molecular formula is C30H30N2O5S. The summed E-state index contributed by atoms with van der Waals surface area (Å²) in [6, 6.07) is 27.3. The zero-order chi connectivity index (χ0) is 27.0. The highest BCUT2D eigenvalue weighted by Gasteiger charge is 2.23. The lowest BCUT2D eigenvalue weighted by atomic mass is 10.1. The molecule has 1 heterocycles. The minimum absolute atomic E-state index is 0.00933. The fraction of sp³-hybridized carbons (Fsp3) is 0.200. The van der Waals surface area contributed by atoms with Crippen LogP contribution in [-0.2, 0) is 29.4 Å². The molecule has 0 fully saturated rings. The van der Waals surface area contributed by atoms with Gasteiger partial charge < -0.3 is 14.4 Å². The van der Waals surface area contributed by atoms with Gasteiger partial charge in [0.2, 0.25) is 0 Å². The van der Waals surface area contributed by atoms with Crippen LogP contribution >= 0.6 is 0 Å². The first-order valence-electron chi connectivity index (χ1n) is 12.2. The first-order valence-corrected chi connectivity index (χ1v) is 14.1. The molecule has 7 nitrogen and oxygen atoms in total. The summed E-state index contributed by atoms with van der Waals surface area (Å²) in [6.45, 7) is 0.995. The molecule has 3 aromatic carbocycles. The van der Waals surface area contributed by atoms with Gasteiger partial charge in [-0.15, -0.1) is 0 Å². The van der Waals surface area contributed by atoms with Crippen molar-refractivity contribution in [3.8, 4) is 11.5 Å². The molecule has 0 unspecified atom stereocenters. The van der Waals surface area contributed by atoms with Gasteiger partial charge in [-0.25, -0.2) is 8.42 Å². The van der Waals surface area contributed by atoms with Crippen LogP contribution in [0.4, 0.5) is 0 Å². The van der Waals surface area contributed by atoms with Crippen LogP contribution in [0.1, 0.15) is 27.2 Å². The third-order valence-corrected chi connectivity index (χ3v) is 7.16. The van der Waals surface area contributed by atoms with Gasteiger partial charge in [0.05, 0.1) is 17.6 Å². The van der Waals surface area contributed by atoms with Crippen LogP contribution in [0.3, 0.4) is 0 Å². The number of amides is 1. The Bertz CT molecular complexity index is 1480. The summed E-state index contributed by atoms with van der Waals surface area (Å²) in [5, 5.41) is 0. The average Bonchev–Trinajstić information content (AvgIpc) is 2.94. The number of hydrogen-bond acceptors (Lipinski definition) is 6. The molecule has 1 amide bonds. The van der Waals surface area contributed by atoms with E-state index in [9.17, 15) is 13.2 Å². The number of rotatable bonds is 11. The summed E-state index contributed by atoms with van der Waals surface area (Å²) < 4.78 is 36.3. The monoisotopic (exact) mass is 530 g/mol. The van der Waals surface area contributed by atoms with E-state index in [0.29, 0.717) is 31.1 Å². The Kier molecular flexibility index (Phi) is 8.76. The quantitative estimate of drug-likeness (QED) is 0.273. The Labute approximate surface area is 223 Å². The molecule has 38 heavy (non-hydrogen) atoms. The maximum Gasteiger partial charge on any atom is 0.255 e. The van der Waals surface area contributed by atoms with E-state index >= 15 is 0 Å². The first-order chi connectivity index (χ1) is 18.3. The number of methoxy groups -OCH3 is 1. The largest absolute Gasteiger partial charge is 0.493 e. The third-order valence-electron chi connectivity index (χ3n) is 6.01. The Morgan fingerprint density at radius 2 is 1.61 bits per heavy atom. The second kappa shape index (κ2) is 12.4. The van der Waals surface area contributed by atoms with Crippen LogP contribution in [0.2, 0.25) is 0 Å². The van der Waals surface area contributed by atoms with Crippen molar-refractivity contribution in [2.75, 3.05) is 19.9 Å². The van der Waals surface area contributed by atoms with Crippen LogP contribution < -0.4 is 9.47 Å².